The molecule has 2 nitrogen and oxygen atoms in total. The summed E-state index contributed by atoms with van der Waals surface area (Å²) in [7, 11) is 0. The van der Waals surface area contributed by atoms with Gasteiger partial charge in [0.25, 0.3) is 0 Å². The maximum atomic E-state index is 5.71. The fourth-order valence-electron chi connectivity index (χ4n) is 1.57. The van der Waals surface area contributed by atoms with Gasteiger partial charge in [0.1, 0.15) is 0 Å². The van der Waals surface area contributed by atoms with Crippen molar-refractivity contribution in [2.45, 2.75) is 12.8 Å². The normalized spacial score (nSPS) is 10.1. The second kappa shape index (κ2) is 4.60. The molecule has 0 saturated heterocycles. The number of aryl methyl sites for hydroxylation is 2. The van der Waals surface area contributed by atoms with Gasteiger partial charge in [-0.3, -0.25) is 4.98 Å². The van der Waals surface area contributed by atoms with Gasteiger partial charge in [-0.25, -0.2) is 0 Å². The number of nitrogen functional groups attached to an aromatic ring is 1. The number of hydrogen-bond donors (Lipinski definition) is 1. The summed E-state index contributed by atoms with van der Waals surface area (Å²) in [6.07, 6.45) is 3.78. The minimum absolute atomic E-state index is 0.827. The van der Waals surface area contributed by atoms with Gasteiger partial charge in [0.05, 0.1) is 0 Å². The van der Waals surface area contributed by atoms with E-state index in [0.717, 1.165) is 24.2 Å². The third-order valence-electron chi connectivity index (χ3n) is 2.35. The van der Waals surface area contributed by atoms with Crippen LogP contribution in [0.4, 0.5) is 5.69 Å². The Balaban J connectivity index is 1.99. The Morgan fingerprint density at radius 2 is 1.93 bits per heavy atom. The molecule has 1 aromatic heterocycles. The van der Waals surface area contributed by atoms with Gasteiger partial charge in [-0.15, -0.1) is 0 Å². The first-order valence-electron chi connectivity index (χ1n) is 5.09. The number of hydrogen-bond acceptors (Lipinski definition) is 2. The number of nitrogens with two attached hydrogens (primary N) is 1. The molecule has 0 bridgehead atoms. The molecule has 2 rings (SSSR count). The zero-order chi connectivity index (χ0) is 10.5. The third kappa shape index (κ3) is 2.81. The first-order valence-corrected chi connectivity index (χ1v) is 5.09. The lowest BCUT2D eigenvalue weighted by atomic mass is 10.1. The van der Waals surface area contributed by atoms with Crippen LogP contribution >= 0.6 is 0 Å². The van der Waals surface area contributed by atoms with Gasteiger partial charge in [-0.2, -0.15) is 0 Å². The Morgan fingerprint density at radius 3 is 2.67 bits per heavy atom. The molecule has 76 valence electrons. The van der Waals surface area contributed by atoms with Crippen molar-refractivity contribution in [3.8, 4) is 0 Å². The SMILES string of the molecule is Nc1cccc(CCc2ccccn2)c1. The van der Waals surface area contributed by atoms with Crippen LogP contribution in [-0.2, 0) is 12.8 Å². The minimum atomic E-state index is 0.827. The molecular formula is C13H14N2. The van der Waals surface area contributed by atoms with Gasteiger partial charge in [-0.05, 0) is 42.7 Å². The first kappa shape index (κ1) is 9.71. The molecule has 0 saturated carbocycles. The molecule has 0 aliphatic heterocycles. The highest BCUT2D eigenvalue weighted by molar-refractivity contribution is 5.40. The number of nitrogens with zero attached hydrogens (tertiary/aromatic N) is 1. The number of rotatable bonds is 3. The van der Waals surface area contributed by atoms with Crippen molar-refractivity contribution in [1.82, 2.24) is 4.98 Å². The number of anilines is 1. The Labute approximate surface area is 89.8 Å². The molecule has 0 unspecified atom stereocenters. The van der Waals surface area contributed by atoms with Crippen LogP contribution in [0.15, 0.2) is 48.7 Å². The summed E-state index contributed by atoms with van der Waals surface area (Å²) in [5.41, 5.74) is 8.93. The molecule has 2 N–H and O–H groups in total. The van der Waals surface area contributed by atoms with E-state index in [9.17, 15) is 0 Å². The second-order valence-corrected chi connectivity index (χ2v) is 3.57. The van der Waals surface area contributed by atoms with Crippen LogP contribution in [0.2, 0.25) is 0 Å². The van der Waals surface area contributed by atoms with Crippen LogP contribution in [0.5, 0.6) is 0 Å². The van der Waals surface area contributed by atoms with Gasteiger partial charge in [0.2, 0.25) is 0 Å². The Bertz CT molecular complexity index is 424. The molecule has 0 radical (unpaired) electrons. The zero-order valence-corrected chi connectivity index (χ0v) is 8.56. The molecule has 1 aromatic carbocycles. The quantitative estimate of drug-likeness (QED) is 0.769. The Kier molecular flexibility index (Phi) is 2.98. The van der Waals surface area contributed by atoms with Crippen molar-refractivity contribution in [3.05, 3.63) is 59.9 Å². The van der Waals surface area contributed by atoms with E-state index >= 15 is 0 Å². The maximum absolute atomic E-state index is 5.71. The lowest BCUT2D eigenvalue weighted by Gasteiger charge is -2.02. The molecule has 0 fully saturated rings. The smallest absolute Gasteiger partial charge is 0.0406 e. The molecule has 0 aliphatic carbocycles. The van der Waals surface area contributed by atoms with E-state index in [1.807, 2.05) is 42.6 Å². The van der Waals surface area contributed by atoms with Gasteiger partial charge in [0, 0.05) is 17.6 Å². The molecule has 0 aliphatic rings. The topological polar surface area (TPSA) is 38.9 Å². The van der Waals surface area contributed by atoms with Crippen molar-refractivity contribution in [2.75, 3.05) is 5.73 Å². The van der Waals surface area contributed by atoms with Crippen LogP contribution < -0.4 is 5.73 Å². The molecule has 0 amide bonds. The van der Waals surface area contributed by atoms with E-state index < -0.39 is 0 Å². The second-order valence-electron chi connectivity index (χ2n) is 3.57. The van der Waals surface area contributed by atoms with Crippen molar-refractivity contribution < 1.29 is 0 Å². The molecule has 15 heavy (non-hydrogen) atoms. The average molecular weight is 198 g/mol. The first-order chi connectivity index (χ1) is 7.34. The summed E-state index contributed by atoms with van der Waals surface area (Å²) < 4.78 is 0. The summed E-state index contributed by atoms with van der Waals surface area (Å²) in [6.45, 7) is 0. The highest BCUT2D eigenvalue weighted by Crippen LogP contribution is 2.09. The Hall–Kier alpha value is -1.83. The van der Waals surface area contributed by atoms with Gasteiger partial charge >= 0.3 is 0 Å². The fraction of sp³-hybridized carbons (Fsp3) is 0.154. The maximum Gasteiger partial charge on any atom is 0.0406 e. The molecule has 0 atom stereocenters. The van der Waals surface area contributed by atoms with E-state index in [1.54, 1.807) is 0 Å². The van der Waals surface area contributed by atoms with Crippen LogP contribution in [0, 0.1) is 0 Å². The predicted octanol–water partition coefficient (Wildman–Crippen LogP) is 2.45. The molecular weight excluding hydrogens is 184 g/mol. The third-order valence-corrected chi connectivity index (χ3v) is 2.35. The van der Waals surface area contributed by atoms with Crippen molar-refractivity contribution >= 4 is 5.69 Å². The lowest BCUT2D eigenvalue weighted by Crippen LogP contribution is -1.94. The summed E-state index contributed by atoms with van der Waals surface area (Å²) in [5.74, 6) is 0. The van der Waals surface area contributed by atoms with Crippen LogP contribution in [0.3, 0.4) is 0 Å². The van der Waals surface area contributed by atoms with E-state index in [4.69, 9.17) is 5.73 Å². The highest BCUT2D eigenvalue weighted by Gasteiger charge is 1.96. The minimum Gasteiger partial charge on any atom is -0.399 e. The Morgan fingerprint density at radius 1 is 1.00 bits per heavy atom. The van der Waals surface area contributed by atoms with Gasteiger partial charge in [0.15, 0.2) is 0 Å². The van der Waals surface area contributed by atoms with E-state index in [0.29, 0.717) is 0 Å². The summed E-state index contributed by atoms with van der Waals surface area (Å²) in [6, 6.07) is 14.0. The van der Waals surface area contributed by atoms with Crippen molar-refractivity contribution in [2.24, 2.45) is 0 Å². The van der Waals surface area contributed by atoms with Crippen molar-refractivity contribution in [1.29, 1.82) is 0 Å². The summed E-state index contributed by atoms with van der Waals surface area (Å²) >= 11 is 0. The van der Waals surface area contributed by atoms with Crippen molar-refractivity contribution in [3.63, 3.8) is 0 Å². The summed E-state index contributed by atoms with van der Waals surface area (Å²) in [5, 5.41) is 0. The van der Waals surface area contributed by atoms with Crippen LogP contribution in [-0.4, -0.2) is 4.98 Å². The number of pyridine rings is 1. The molecule has 0 spiro atoms. The fourth-order valence-corrected chi connectivity index (χ4v) is 1.57. The van der Waals surface area contributed by atoms with E-state index in [2.05, 4.69) is 11.1 Å². The van der Waals surface area contributed by atoms with E-state index in [1.165, 1.54) is 5.56 Å². The number of benzene rings is 1. The van der Waals surface area contributed by atoms with Gasteiger partial charge < -0.3 is 5.73 Å². The van der Waals surface area contributed by atoms with E-state index in [-0.39, 0.29) is 0 Å². The average Bonchev–Trinajstić information content (AvgIpc) is 2.28. The monoisotopic (exact) mass is 198 g/mol. The van der Waals surface area contributed by atoms with Gasteiger partial charge in [-0.1, -0.05) is 18.2 Å². The largest absolute Gasteiger partial charge is 0.399 e. The lowest BCUT2D eigenvalue weighted by molar-refractivity contribution is 0.914. The molecule has 2 aromatic rings. The summed E-state index contributed by atoms with van der Waals surface area (Å²) in [4.78, 5) is 4.28. The van der Waals surface area contributed by atoms with Crippen LogP contribution in [0.1, 0.15) is 11.3 Å². The standard InChI is InChI=1S/C13H14N2/c14-12-5-3-4-11(10-12)7-8-13-6-1-2-9-15-13/h1-6,9-10H,7-8,14H2. The molecule has 1 heterocycles. The zero-order valence-electron chi connectivity index (χ0n) is 8.56. The molecule has 2 heteroatoms. The van der Waals surface area contributed by atoms with Crippen LogP contribution in [0.25, 0.3) is 0 Å². The highest BCUT2D eigenvalue weighted by atomic mass is 14.7. The number of aromatic nitrogens is 1. The predicted molar refractivity (Wildman–Crippen MR) is 62.5 cm³/mol.